The predicted molar refractivity (Wildman–Crippen MR) is 120 cm³/mol. The second kappa shape index (κ2) is 9.06. The lowest BCUT2D eigenvalue weighted by Gasteiger charge is -2.12. The maximum Gasteiger partial charge on any atom is 0.338 e. The Bertz CT molecular complexity index is 1280. The van der Waals surface area contributed by atoms with E-state index >= 15 is 0 Å². The van der Waals surface area contributed by atoms with Crippen LogP contribution >= 0.6 is 11.3 Å². The summed E-state index contributed by atoms with van der Waals surface area (Å²) in [5.41, 5.74) is 3.26. The van der Waals surface area contributed by atoms with Gasteiger partial charge in [-0.2, -0.15) is 0 Å². The van der Waals surface area contributed by atoms with Crippen LogP contribution in [0.15, 0.2) is 48.1 Å². The largest absolute Gasteiger partial charge is 0.493 e. The first-order valence-electron chi connectivity index (χ1n) is 9.61. The van der Waals surface area contributed by atoms with Crippen molar-refractivity contribution >= 4 is 39.4 Å². The SMILES string of the molecule is COc1ccc(-c2csc(NC(=O)C(C)OC(=O)c3ccc4nc[nH]c4c3)n2)cc1OC. The molecule has 0 saturated carbocycles. The van der Waals surface area contributed by atoms with E-state index in [-0.39, 0.29) is 0 Å². The lowest BCUT2D eigenvalue weighted by atomic mass is 10.1. The predicted octanol–water partition coefficient (Wildman–Crippen LogP) is 3.89. The number of imidazole rings is 1. The summed E-state index contributed by atoms with van der Waals surface area (Å²) in [6.45, 7) is 1.50. The summed E-state index contributed by atoms with van der Waals surface area (Å²) in [7, 11) is 3.13. The summed E-state index contributed by atoms with van der Waals surface area (Å²) in [5, 5.41) is 4.89. The Labute approximate surface area is 187 Å². The molecule has 10 heteroatoms. The number of thiazole rings is 1. The maximum atomic E-state index is 12.5. The average molecular weight is 452 g/mol. The Kier molecular flexibility index (Phi) is 6.04. The number of aromatic nitrogens is 3. The molecule has 2 aromatic carbocycles. The van der Waals surface area contributed by atoms with Crippen LogP contribution in [-0.4, -0.2) is 47.2 Å². The first kappa shape index (κ1) is 21.3. The van der Waals surface area contributed by atoms with E-state index in [0.717, 1.165) is 11.1 Å². The molecule has 1 atom stereocenters. The van der Waals surface area contributed by atoms with Crippen molar-refractivity contribution in [3.63, 3.8) is 0 Å². The molecule has 4 aromatic rings. The molecule has 1 unspecified atom stereocenters. The molecule has 0 aliphatic carbocycles. The van der Waals surface area contributed by atoms with Gasteiger partial charge in [-0.25, -0.2) is 14.8 Å². The molecule has 0 aliphatic heterocycles. The number of methoxy groups -OCH3 is 2. The van der Waals surface area contributed by atoms with Gasteiger partial charge in [-0.1, -0.05) is 0 Å². The van der Waals surface area contributed by atoms with E-state index in [1.54, 1.807) is 50.9 Å². The number of amides is 1. The van der Waals surface area contributed by atoms with Gasteiger partial charge in [0.25, 0.3) is 5.91 Å². The molecule has 9 nitrogen and oxygen atoms in total. The smallest absolute Gasteiger partial charge is 0.338 e. The summed E-state index contributed by atoms with van der Waals surface area (Å²) < 4.78 is 15.9. The first-order chi connectivity index (χ1) is 15.5. The van der Waals surface area contributed by atoms with Gasteiger partial charge >= 0.3 is 5.97 Å². The number of nitrogens with zero attached hydrogens (tertiary/aromatic N) is 2. The van der Waals surface area contributed by atoms with Gasteiger partial charge in [-0.15, -0.1) is 11.3 Å². The van der Waals surface area contributed by atoms with Crippen LogP contribution in [0.25, 0.3) is 22.3 Å². The van der Waals surface area contributed by atoms with Gasteiger partial charge < -0.3 is 19.2 Å². The number of fused-ring (bicyclic) bond motifs is 1. The molecule has 2 N–H and O–H groups in total. The van der Waals surface area contributed by atoms with Gasteiger partial charge in [-0.3, -0.25) is 10.1 Å². The van der Waals surface area contributed by atoms with Crippen molar-refractivity contribution in [3.05, 3.63) is 53.7 Å². The van der Waals surface area contributed by atoms with Crippen LogP contribution in [0.5, 0.6) is 11.5 Å². The standard InChI is InChI=1S/C22H20N4O5S/c1-12(31-21(28)14-4-6-15-16(8-14)24-11-23-15)20(27)26-22-25-17(10-32-22)13-5-7-18(29-2)19(9-13)30-3/h4-12H,1-3H3,(H,23,24)(H,25,26,27). The van der Waals surface area contributed by atoms with Gasteiger partial charge in [0.1, 0.15) is 0 Å². The van der Waals surface area contributed by atoms with E-state index in [9.17, 15) is 9.59 Å². The molecule has 0 radical (unpaired) electrons. The summed E-state index contributed by atoms with van der Waals surface area (Å²) in [4.78, 5) is 36.4. The fraction of sp³-hybridized carbons (Fsp3) is 0.182. The summed E-state index contributed by atoms with van der Waals surface area (Å²) in [6, 6.07) is 10.4. The van der Waals surface area contributed by atoms with E-state index in [4.69, 9.17) is 14.2 Å². The fourth-order valence-corrected chi connectivity index (χ4v) is 3.73. The van der Waals surface area contributed by atoms with Gasteiger partial charge in [0, 0.05) is 10.9 Å². The molecular weight excluding hydrogens is 432 g/mol. The molecule has 0 bridgehead atoms. The molecule has 0 spiro atoms. The number of hydrogen-bond donors (Lipinski definition) is 2. The lowest BCUT2D eigenvalue weighted by molar-refractivity contribution is -0.123. The number of aromatic amines is 1. The van der Waals surface area contributed by atoms with Crippen LogP contribution in [0.2, 0.25) is 0 Å². The van der Waals surface area contributed by atoms with Crippen LogP contribution < -0.4 is 14.8 Å². The van der Waals surface area contributed by atoms with Crippen molar-refractivity contribution in [1.29, 1.82) is 0 Å². The Balaban J connectivity index is 1.40. The summed E-state index contributed by atoms with van der Waals surface area (Å²) in [6.07, 6.45) is 0.536. The van der Waals surface area contributed by atoms with Crippen LogP contribution in [0, 0.1) is 0 Å². The zero-order valence-electron chi connectivity index (χ0n) is 17.5. The lowest BCUT2D eigenvalue weighted by Crippen LogP contribution is -2.29. The van der Waals surface area contributed by atoms with Crippen molar-refractivity contribution in [1.82, 2.24) is 15.0 Å². The highest BCUT2D eigenvalue weighted by molar-refractivity contribution is 7.14. The molecule has 4 rings (SSSR count). The quantitative estimate of drug-likeness (QED) is 0.409. The van der Waals surface area contributed by atoms with E-state index in [1.807, 2.05) is 11.4 Å². The normalized spacial score (nSPS) is 11.7. The van der Waals surface area contributed by atoms with Crippen molar-refractivity contribution in [3.8, 4) is 22.8 Å². The first-order valence-corrected chi connectivity index (χ1v) is 10.5. The Morgan fingerprint density at radius 3 is 2.69 bits per heavy atom. The third-order valence-electron chi connectivity index (χ3n) is 4.72. The van der Waals surface area contributed by atoms with Crippen molar-refractivity contribution in [2.24, 2.45) is 0 Å². The second-order valence-electron chi connectivity index (χ2n) is 6.78. The zero-order chi connectivity index (χ0) is 22.7. The minimum atomic E-state index is -1.01. The topological polar surface area (TPSA) is 115 Å². The monoisotopic (exact) mass is 452 g/mol. The molecule has 0 aliphatic rings. The molecule has 0 fully saturated rings. The van der Waals surface area contributed by atoms with Crippen LogP contribution in [0.4, 0.5) is 5.13 Å². The van der Waals surface area contributed by atoms with Crippen molar-refractivity contribution in [2.45, 2.75) is 13.0 Å². The van der Waals surface area contributed by atoms with Gasteiger partial charge in [0.2, 0.25) is 0 Å². The summed E-state index contributed by atoms with van der Waals surface area (Å²) in [5.74, 6) is 0.114. The summed E-state index contributed by atoms with van der Waals surface area (Å²) >= 11 is 1.26. The number of carbonyl (C=O) groups excluding carboxylic acids is 2. The van der Waals surface area contributed by atoms with E-state index in [2.05, 4.69) is 20.3 Å². The number of nitrogens with one attached hydrogen (secondary N) is 2. The molecule has 2 heterocycles. The Morgan fingerprint density at radius 2 is 1.91 bits per heavy atom. The van der Waals surface area contributed by atoms with Crippen LogP contribution in [0.1, 0.15) is 17.3 Å². The number of H-pyrrole nitrogens is 1. The minimum absolute atomic E-state index is 0.325. The fourth-order valence-electron chi connectivity index (χ4n) is 3.01. The third-order valence-corrected chi connectivity index (χ3v) is 5.48. The zero-order valence-corrected chi connectivity index (χ0v) is 18.4. The number of benzene rings is 2. The number of hydrogen-bond acceptors (Lipinski definition) is 8. The minimum Gasteiger partial charge on any atom is -0.493 e. The van der Waals surface area contributed by atoms with Crippen LogP contribution in [0.3, 0.4) is 0 Å². The maximum absolute atomic E-state index is 12.5. The Morgan fingerprint density at radius 1 is 1.09 bits per heavy atom. The van der Waals surface area contributed by atoms with Crippen molar-refractivity contribution in [2.75, 3.05) is 19.5 Å². The molecule has 1 amide bonds. The van der Waals surface area contributed by atoms with Crippen molar-refractivity contribution < 1.29 is 23.8 Å². The third kappa shape index (κ3) is 4.40. The number of esters is 1. The molecular formula is C22H20N4O5S. The molecule has 2 aromatic heterocycles. The molecule has 0 saturated heterocycles. The highest BCUT2D eigenvalue weighted by atomic mass is 32.1. The number of ether oxygens (including phenoxy) is 3. The number of carbonyl (C=O) groups is 2. The molecule has 32 heavy (non-hydrogen) atoms. The van der Waals surface area contributed by atoms with E-state index in [1.165, 1.54) is 18.3 Å². The number of anilines is 1. The van der Waals surface area contributed by atoms with E-state index < -0.39 is 18.0 Å². The molecule has 164 valence electrons. The van der Waals surface area contributed by atoms with Gasteiger partial charge in [0.05, 0.1) is 42.8 Å². The Hall–Kier alpha value is -3.92. The number of rotatable bonds is 7. The van der Waals surface area contributed by atoms with Gasteiger partial charge in [-0.05, 0) is 43.3 Å². The highest BCUT2D eigenvalue weighted by Gasteiger charge is 2.21. The van der Waals surface area contributed by atoms with Gasteiger partial charge in [0.15, 0.2) is 22.7 Å². The van der Waals surface area contributed by atoms with Crippen LogP contribution in [-0.2, 0) is 9.53 Å². The average Bonchev–Trinajstić information content (AvgIpc) is 3.47. The second-order valence-corrected chi connectivity index (χ2v) is 7.64. The highest BCUT2D eigenvalue weighted by Crippen LogP contribution is 2.33. The van der Waals surface area contributed by atoms with E-state index in [0.29, 0.717) is 33.4 Å².